The Balaban J connectivity index is 2.49. The summed E-state index contributed by atoms with van der Waals surface area (Å²) in [5.74, 6) is 0.750. The Morgan fingerprint density at radius 2 is 2.13 bits per heavy atom. The van der Waals surface area contributed by atoms with Crippen LogP contribution in [0.5, 0.6) is 0 Å². The van der Waals surface area contributed by atoms with Crippen LogP contribution in [0.25, 0.3) is 0 Å². The van der Waals surface area contributed by atoms with E-state index in [1.807, 2.05) is 6.20 Å². The molecule has 15 heavy (non-hydrogen) atoms. The quantitative estimate of drug-likeness (QED) is 0.802. The van der Waals surface area contributed by atoms with E-state index in [0.717, 1.165) is 18.9 Å². The van der Waals surface area contributed by atoms with Crippen molar-refractivity contribution in [3.63, 3.8) is 0 Å². The minimum absolute atomic E-state index is 0.442. The molecule has 0 radical (unpaired) electrons. The van der Waals surface area contributed by atoms with Gasteiger partial charge in [0.15, 0.2) is 0 Å². The van der Waals surface area contributed by atoms with E-state index >= 15 is 0 Å². The molecule has 0 bridgehead atoms. The van der Waals surface area contributed by atoms with Crippen molar-refractivity contribution >= 4 is 11.3 Å². The molecule has 0 aliphatic heterocycles. The molecule has 0 aromatic carbocycles. The molecular weight excluding hydrogens is 204 g/mol. The average Bonchev–Trinajstić information content (AvgIpc) is 2.65. The first-order chi connectivity index (χ1) is 7.17. The SMILES string of the molecule is CCC(C)CNC(CC)c1ncc(C)s1. The Kier molecular flexibility index (Phi) is 5.26. The zero-order chi connectivity index (χ0) is 11.3. The van der Waals surface area contributed by atoms with Gasteiger partial charge in [0.2, 0.25) is 0 Å². The molecule has 0 amide bonds. The predicted octanol–water partition coefficient (Wildman–Crippen LogP) is 3.54. The van der Waals surface area contributed by atoms with Crippen LogP contribution < -0.4 is 5.32 Å². The summed E-state index contributed by atoms with van der Waals surface area (Å²) < 4.78 is 0. The van der Waals surface area contributed by atoms with E-state index in [9.17, 15) is 0 Å². The van der Waals surface area contributed by atoms with Gasteiger partial charge in [0, 0.05) is 11.1 Å². The normalized spacial score (nSPS) is 15.2. The number of aromatic nitrogens is 1. The molecule has 1 rings (SSSR count). The number of aryl methyl sites for hydroxylation is 1. The Morgan fingerprint density at radius 3 is 2.60 bits per heavy atom. The van der Waals surface area contributed by atoms with Gasteiger partial charge >= 0.3 is 0 Å². The monoisotopic (exact) mass is 226 g/mol. The first-order valence-electron chi connectivity index (χ1n) is 5.83. The van der Waals surface area contributed by atoms with E-state index in [4.69, 9.17) is 0 Å². The van der Waals surface area contributed by atoms with Crippen molar-refractivity contribution in [2.75, 3.05) is 6.54 Å². The van der Waals surface area contributed by atoms with E-state index in [2.05, 4.69) is 38.0 Å². The highest BCUT2D eigenvalue weighted by Gasteiger charge is 2.12. The second-order valence-corrected chi connectivity index (χ2v) is 5.46. The van der Waals surface area contributed by atoms with Crippen molar-refractivity contribution in [3.05, 3.63) is 16.1 Å². The Hall–Kier alpha value is -0.410. The molecule has 2 atom stereocenters. The van der Waals surface area contributed by atoms with Crippen molar-refractivity contribution in [2.45, 2.75) is 46.6 Å². The maximum Gasteiger partial charge on any atom is 0.110 e. The zero-order valence-corrected chi connectivity index (χ0v) is 11.0. The molecule has 0 saturated carbocycles. The van der Waals surface area contributed by atoms with Gasteiger partial charge in [0.25, 0.3) is 0 Å². The number of rotatable bonds is 6. The maximum atomic E-state index is 4.45. The lowest BCUT2D eigenvalue weighted by Gasteiger charge is -2.17. The van der Waals surface area contributed by atoms with E-state index in [-0.39, 0.29) is 0 Å². The van der Waals surface area contributed by atoms with Gasteiger partial charge in [-0.25, -0.2) is 4.98 Å². The molecule has 0 spiro atoms. The molecule has 1 aromatic rings. The summed E-state index contributed by atoms with van der Waals surface area (Å²) in [7, 11) is 0. The predicted molar refractivity (Wildman–Crippen MR) is 67.3 cm³/mol. The number of hydrogen-bond donors (Lipinski definition) is 1. The summed E-state index contributed by atoms with van der Waals surface area (Å²) in [6.45, 7) is 9.94. The second kappa shape index (κ2) is 6.23. The lowest BCUT2D eigenvalue weighted by Crippen LogP contribution is -2.25. The Morgan fingerprint density at radius 1 is 1.40 bits per heavy atom. The standard InChI is InChI=1S/C12H22N2S/c1-5-9(3)7-13-11(6-2)12-14-8-10(4)15-12/h8-9,11,13H,5-7H2,1-4H3. The van der Waals surface area contributed by atoms with Crippen LogP contribution in [0, 0.1) is 12.8 Å². The molecule has 0 aliphatic carbocycles. The first kappa shape index (κ1) is 12.7. The maximum absolute atomic E-state index is 4.45. The molecule has 2 nitrogen and oxygen atoms in total. The van der Waals surface area contributed by atoms with Crippen LogP contribution in [0.4, 0.5) is 0 Å². The van der Waals surface area contributed by atoms with Gasteiger partial charge in [-0.1, -0.05) is 27.2 Å². The third-order valence-electron chi connectivity index (χ3n) is 2.76. The first-order valence-corrected chi connectivity index (χ1v) is 6.64. The molecule has 1 N–H and O–H groups in total. The molecule has 86 valence electrons. The van der Waals surface area contributed by atoms with Crippen LogP contribution in [0.1, 0.15) is 49.5 Å². The molecule has 1 aromatic heterocycles. The van der Waals surface area contributed by atoms with Gasteiger partial charge in [0.05, 0.1) is 6.04 Å². The van der Waals surface area contributed by atoms with Gasteiger partial charge < -0.3 is 5.32 Å². The molecule has 0 fully saturated rings. The van der Waals surface area contributed by atoms with E-state index in [1.165, 1.54) is 16.3 Å². The summed E-state index contributed by atoms with van der Waals surface area (Å²) >= 11 is 1.81. The van der Waals surface area contributed by atoms with Gasteiger partial charge in [-0.3, -0.25) is 0 Å². The van der Waals surface area contributed by atoms with Crippen molar-refractivity contribution < 1.29 is 0 Å². The van der Waals surface area contributed by atoms with Crippen molar-refractivity contribution in [2.24, 2.45) is 5.92 Å². The largest absolute Gasteiger partial charge is 0.308 e. The topological polar surface area (TPSA) is 24.9 Å². The van der Waals surface area contributed by atoms with Crippen molar-refractivity contribution in [1.82, 2.24) is 10.3 Å². The van der Waals surface area contributed by atoms with Gasteiger partial charge in [0.1, 0.15) is 5.01 Å². The minimum atomic E-state index is 0.442. The smallest absolute Gasteiger partial charge is 0.110 e. The van der Waals surface area contributed by atoms with Gasteiger partial charge in [-0.2, -0.15) is 0 Å². The van der Waals surface area contributed by atoms with Crippen LogP contribution >= 0.6 is 11.3 Å². The molecule has 0 saturated heterocycles. The lowest BCUT2D eigenvalue weighted by molar-refractivity contribution is 0.437. The van der Waals surface area contributed by atoms with Gasteiger partial charge in [-0.15, -0.1) is 11.3 Å². The lowest BCUT2D eigenvalue weighted by atomic mass is 10.1. The van der Waals surface area contributed by atoms with E-state index in [0.29, 0.717) is 6.04 Å². The van der Waals surface area contributed by atoms with Crippen LogP contribution in [-0.4, -0.2) is 11.5 Å². The van der Waals surface area contributed by atoms with E-state index in [1.54, 1.807) is 11.3 Å². The number of hydrogen-bond acceptors (Lipinski definition) is 3. The summed E-state index contributed by atoms with van der Waals surface area (Å²) in [5.41, 5.74) is 0. The van der Waals surface area contributed by atoms with Crippen LogP contribution in [-0.2, 0) is 0 Å². The summed E-state index contributed by atoms with van der Waals surface area (Å²) in [4.78, 5) is 5.75. The molecular formula is C12H22N2S. The molecule has 1 heterocycles. The second-order valence-electron chi connectivity index (χ2n) is 4.19. The number of thiazole rings is 1. The highest BCUT2D eigenvalue weighted by molar-refractivity contribution is 7.11. The van der Waals surface area contributed by atoms with Crippen molar-refractivity contribution in [3.8, 4) is 0 Å². The summed E-state index contributed by atoms with van der Waals surface area (Å²) in [6.07, 6.45) is 4.32. The molecule has 2 unspecified atom stereocenters. The average molecular weight is 226 g/mol. The third-order valence-corrected chi connectivity index (χ3v) is 3.78. The summed E-state index contributed by atoms with van der Waals surface area (Å²) in [6, 6.07) is 0.442. The number of nitrogens with zero attached hydrogens (tertiary/aromatic N) is 1. The molecule has 0 aliphatic rings. The zero-order valence-electron chi connectivity index (χ0n) is 10.2. The van der Waals surface area contributed by atoms with Crippen molar-refractivity contribution in [1.29, 1.82) is 0 Å². The number of nitrogens with one attached hydrogen (secondary N) is 1. The Bertz CT molecular complexity index is 283. The van der Waals surface area contributed by atoms with Crippen LogP contribution in [0.3, 0.4) is 0 Å². The highest BCUT2D eigenvalue weighted by atomic mass is 32.1. The fraction of sp³-hybridized carbons (Fsp3) is 0.750. The third kappa shape index (κ3) is 3.92. The van der Waals surface area contributed by atoms with Crippen LogP contribution in [0.2, 0.25) is 0 Å². The highest BCUT2D eigenvalue weighted by Crippen LogP contribution is 2.22. The van der Waals surface area contributed by atoms with Gasteiger partial charge in [-0.05, 0) is 25.8 Å². The van der Waals surface area contributed by atoms with E-state index < -0.39 is 0 Å². The Labute approximate surface area is 97.1 Å². The molecule has 3 heteroatoms. The fourth-order valence-corrected chi connectivity index (χ4v) is 2.36. The minimum Gasteiger partial charge on any atom is -0.308 e. The van der Waals surface area contributed by atoms with Crippen LogP contribution in [0.15, 0.2) is 6.20 Å². The summed E-state index contributed by atoms with van der Waals surface area (Å²) in [5, 5.41) is 4.83. The fourth-order valence-electron chi connectivity index (χ4n) is 1.43.